The van der Waals surface area contributed by atoms with Crippen molar-refractivity contribution < 1.29 is 4.79 Å². The Morgan fingerprint density at radius 1 is 0.667 bits per heavy atom. The van der Waals surface area contributed by atoms with E-state index in [4.69, 9.17) is 0 Å². The SMILES string of the molecule is O=C1C[C@H](c2ccccc2)[C@H]1C(c1ccccc1)c1ccccc1. The largest absolute Gasteiger partial charge is 0.299 e. The van der Waals surface area contributed by atoms with Crippen molar-refractivity contribution in [1.82, 2.24) is 0 Å². The number of carbonyl (C=O) groups excluding carboxylic acids is 1. The van der Waals surface area contributed by atoms with Gasteiger partial charge in [0.25, 0.3) is 0 Å². The molecule has 1 nitrogen and oxygen atoms in total. The van der Waals surface area contributed by atoms with Crippen molar-refractivity contribution in [3.8, 4) is 0 Å². The Kier molecular flexibility index (Phi) is 4.00. The van der Waals surface area contributed by atoms with Crippen LogP contribution >= 0.6 is 0 Å². The number of ketones is 1. The predicted molar refractivity (Wildman–Crippen MR) is 97.0 cm³/mol. The van der Waals surface area contributed by atoms with E-state index in [-0.39, 0.29) is 11.8 Å². The van der Waals surface area contributed by atoms with E-state index >= 15 is 0 Å². The van der Waals surface area contributed by atoms with Crippen molar-refractivity contribution in [3.05, 3.63) is 108 Å². The second-order valence-corrected chi connectivity index (χ2v) is 6.51. The summed E-state index contributed by atoms with van der Waals surface area (Å²) in [4.78, 5) is 12.6. The third kappa shape index (κ3) is 2.67. The lowest BCUT2D eigenvalue weighted by atomic mass is 9.60. The Balaban J connectivity index is 1.77. The topological polar surface area (TPSA) is 17.1 Å². The van der Waals surface area contributed by atoms with Gasteiger partial charge < -0.3 is 0 Å². The van der Waals surface area contributed by atoms with Crippen molar-refractivity contribution in [2.75, 3.05) is 0 Å². The van der Waals surface area contributed by atoms with E-state index in [0.717, 1.165) is 0 Å². The Morgan fingerprint density at radius 3 is 1.58 bits per heavy atom. The van der Waals surface area contributed by atoms with Crippen LogP contribution in [0.1, 0.15) is 34.9 Å². The third-order valence-corrected chi connectivity index (χ3v) is 5.13. The lowest BCUT2D eigenvalue weighted by Gasteiger charge is -2.41. The molecule has 1 saturated carbocycles. The molecule has 1 fully saturated rings. The first-order chi connectivity index (χ1) is 11.8. The molecule has 0 spiro atoms. The van der Waals surface area contributed by atoms with Crippen molar-refractivity contribution >= 4 is 5.78 Å². The van der Waals surface area contributed by atoms with Crippen molar-refractivity contribution in [1.29, 1.82) is 0 Å². The highest BCUT2D eigenvalue weighted by molar-refractivity contribution is 5.91. The molecule has 1 aliphatic rings. The zero-order chi connectivity index (χ0) is 16.4. The van der Waals surface area contributed by atoms with Gasteiger partial charge in [-0.2, -0.15) is 0 Å². The maximum Gasteiger partial charge on any atom is 0.138 e. The molecular formula is C23H20O. The molecule has 0 saturated heterocycles. The number of hydrogen-bond donors (Lipinski definition) is 0. The first kappa shape index (κ1) is 14.9. The van der Waals surface area contributed by atoms with Gasteiger partial charge in [0.15, 0.2) is 0 Å². The van der Waals surface area contributed by atoms with Crippen LogP contribution in [0, 0.1) is 5.92 Å². The number of carbonyl (C=O) groups is 1. The second-order valence-electron chi connectivity index (χ2n) is 6.51. The monoisotopic (exact) mass is 312 g/mol. The van der Waals surface area contributed by atoms with Crippen LogP contribution < -0.4 is 0 Å². The van der Waals surface area contributed by atoms with E-state index in [2.05, 4.69) is 72.8 Å². The van der Waals surface area contributed by atoms with Crippen LogP contribution in [-0.2, 0) is 4.79 Å². The molecule has 0 amide bonds. The molecule has 0 bridgehead atoms. The second kappa shape index (κ2) is 6.45. The highest BCUT2D eigenvalue weighted by Gasteiger charge is 2.46. The van der Waals surface area contributed by atoms with Crippen molar-refractivity contribution in [2.45, 2.75) is 18.3 Å². The van der Waals surface area contributed by atoms with Crippen LogP contribution in [0.3, 0.4) is 0 Å². The van der Waals surface area contributed by atoms with Gasteiger partial charge in [0.05, 0.1) is 0 Å². The van der Waals surface area contributed by atoms with Gasteiger partial charge in [-0.3, -0.25) is 4.79 Å². The van der Waals surface area contributed by atoms with E-state index in [1.54, 1.807) is 0 Å². The highest BCUT2D eigenvalue weighted by atomic mass is 16.1. The summed E-state index contributed by atoms with van der Waals surface area (Å²) >= 11 is 0. The smallest absolute Gasteiger partial charge is 0.138 e. The van der Waals surface area contributed by atoms with E-state index < -0.39 is 0 Å². The Labute approximate surface area is 143 Å². The third-order valence-electron chi connectivity index (χ3n) is 5.13. The quantitative estimate of drug-likeness (QED) is 0.648. The molecule has 118 valence electrons. The zero-order valence-electron chi connectivity index (χ0n) is 13.5. The van der Waals surface area contributed by atoms with Gasteiger partial charge >= 0.3 is 0 Å². The summed E-state index contributed by atoms with van der Waals surface area (Å²) in [6.45, 7) is 0. The molecule has 0 N–H and O–H groups in total. The molecule has 0 radical (unpaired) electrons. The van der Waals surface area contributed by atoms with E-state index in [0.29, 0.717) is 18.1 Å². The van der Waals surface area contributed by atoms with Crippen LogP contribution in [-0.4, -0.2) is 5.78 Å². The van der Waals surface area contributed by atoms with Gasteiger partial charge in [-0.25, -0.2) is 0 Å². The van der Waals surface area contributed by atoms with E-state index in [9.17, 15) is 4.79 Å². The molecule has 4 rings (SSSR count). The van der Waals surface area contributed by atoms with Gasteiger partial charge in [-0.1, -0.05) is 91.0 Å². The summed E-state index contributed by atoms with van der Waals surface area (Å²) in [5.41, 5.74) is 3.73. The van der Waals surface area contributed by atoms with Crippen LogP contribution in [0.5, 0.6) is 0 Å². The standard InChI is InChI=1S/C23H20O/c24-21-16-20(17-10-4-1-5-11-17)23(21)22(18-12-6-2-7-13-18)19-14-8-3-9-15-19/h1-15,20,22-23H,16H2/t20-,23-/m1/s1. The lowest BCUT2D eigenvalue weighted by molar-refractivity contribution is -0.131. The summed E-state index contributed by atoms with van der Waals surface area (Å²) in [6, 6.07) is 31.3. The van der Waals surface area contributed by atoms with Crippen LogP contribution in [0.15, 0.2) is 91.0 Å². The molecule has 0 aromatic heterocycles. The van der Waals surface area contributed by atoms with Crippen molar-refractivity contribution in [3.63, 3.8) is 0 Å². The first-order valence-corrected chi connectivity index (χ1v) is 8.52. The van der Waals surface area contributed by atoms with Crippen LogP contribution in [0.4, 0.5) is 0 Å². The van der Waals surface area contributed by atoms with Gasteiger partial charge in [-0.05, 0) is 16.7 Å². The minimum Gasteiger partial charge on any atom is -0.299 e. The maximum absolute atomic E-state index is 12.6. The minimum absolute atomic E-state index is 0.0252. The summed E-state index contributed by atoms with van der Waals surface area (Å²) < 4.78 is 0. The fourth-order valence-corrected chi connectivity index (χ4v) is 3.92. The average molecular weight is 312 g/mol. The van der Waals surface area contributed by atoms with Crippen LogP contribution in [0.25, 0.3) is 0 Å². The van der Waals surface area contributed by atoms with Gasteiger partial charge in [0.1, 0.15) is 5.78 Å². The molecular weight excluding hydrogens is 292 g/mol. The minimum atomic E-state index is 0.0252. The Bertz CT molecular complexity index is 769. The first-order valence-electron chi connectivity index (χ1n) is 8.52. The molecule has 1 aliphatic carbocycles. The molecule has 0 heterocycles. The average Bonchev–Trinajstić information content (AvgIpc) is 2.66. The van der Waals surface area contributed by atoms with Crippen molar-refractivity contribution in [2.24, 2.45) is 5.92 Å². The highest BCUT2D eigenvalue weighted by Crippen LogP contribution is 2.49. The molecule has 0 unspecified atom stereocenters. The summed E-state index contributed by atoms with van der Waals surface area (Å²) in [7, 11) is 0. The lowest BCUT2D eigenvalue weighted by Crippen LogP contribution is -2.40. The molecule has 24 heavy (non-hydrogen) atoms. The number of hydrogen-bond acceptors (Lipinski definition) is 1. The summed E-state index contributed by atoms with van der Waals surface area (Å²) in [5.74, 6) is 0.835. The molecule has 3 aromatic carbocycles. The molecule has 3 aromatic rings. The molecule has 2 atom stereocenters. The van der Waals surface area contributed by atoms with Gasteiger partial charge in [0, 0.05) is 24.2 Å². The summed E-state index contributed by atoms with van der Waals surface area (Å²) in [6.07, 6.45) is 0.658. The van der Waals surface area contributed by atoms with Crippen LogP contribution in [0.2, 0.25) is 0 Å². The fraction of sp³-hybridized carbons (Fsp3) is 0.174. The van der Waals surface area contributed by atoms with E-state index in [1.165, 1.54) is 16.7 Å². The zero-order valence-corrected chi connectivity index (χ0v) is 13.5. The number of Topliss-reactive ketones (excluding diaryl/α,β-unsaturated/α-hetero) is 1. The van der Waals surface area contributed by atoms with Gasteiger partial charge in [-0.15, -0.1) is 0 Å². The fourth-order valence-electron chi connectivity index (χ4n) is 3.92. The maximum atomic E-state index is 12.6. The molecule has 1 heteroatoms. The Hall–Kier alpha value is -2.67. The summed E-state index contributed by atoms with van der Waals surface area (Å²) in [5, 5.41) is 0. The van der Waals surface area contributed by atoms with Gasteiger partial charge in [0.2, 0.25) is 0 Å². The molecule has 0 aliphatic heterocycles. The Morgan fingerprint density at radius 2 is 1.12 bits per heavy atom. The predicted octanol–water partition coefficient (Wildman–Crippen LogP) is 5.19. The number of rotatable bonds is 4. The van der Waals surface area contributed by atoms with E-state index in [1.807, 2.05) is 18.2 Å². The normalized spacial score (nSPS) is 20.0. The number of benzene rings is 3.